The summed E-state index contributed by atoms with van der Waals surface area (Å²) < 4.78 is 5.12. The Morgan fingerprint density at radius 2 is 1.88 bits per heavy atom. The van der Waals surface area contributed by atoms with Crippen molar-refractivity contribution < 1.29 is 19.4 Å². The minimum atomic E-state index is -0.664. The van der Waals surface area contributed by atoms with Crippen molar-refractivity contribution in [3.05, 3.63) is 59.7 Å². The first-order chi connectivity index (χ1) is 12.2. The summed E-state index contributed by atoms with van der Waals surface area (Å²) in [4.78, 5) is 31.1. The Balaban J connectivity index is 2.05. The molecule has 0 radical (unpaired) electrons. The number of anilines is 1. The van der Waals surface area contributed by atoms with Gasteiger partial charge in [0.2, 0.25) is 5.91 Å². The lowest BCUT2D eigenvalue weighted by Gasteiger charge is -2.31. The molecule has 0 aromatic heterocycles. The molecule has 1 heterocycles. The van der Waals surface area contributed by atoms with Gasteiger partial charge in [-0.25, -0.2) is 4.90 Å². The molecule has 6 nitrogen and oxygen atoms in total. The van der Waals surface area contributed by atoms with Crippen LogP contribution in [-0.4, -0.2) is 43.4 Å². The number of rotatable bonds is 5. The highest BCUT2D eigenvalue weighted by Gasteiger charge is 2.38. The molecular weight excluding hydrogens is 320 g/mol. The summed E-state index contributed by atoms with van der Waals surface area (Å²) in [6.45, 7) is 0.114. The monoisotopic (exact) mass is 338 g/mol. The van der Waals surface area contributed by atoms with E-state index in [1.807, 2.05) is 0 Å². The SMILES string of the molecule is COc1ccc(N2C(=O)c3ccccc3[C@@H](C=NCCO)C2=O)cc1. The number of benzene rings is 2. The molecule has 1 atom stereocenters. The quantitative estimate of drug-likeness (QED) is 0.668. The van der Waals surface area contributed by atoms with Crippen molar-refractivity contribution in [3.63, 3.8) is 0 Å². The van der Waals surface area contributed by atoms with Gasteiger partial charge in [0.05, 0.1) is 31.9 Å². The third-order valence-electron chi connectivity index (χ3n) is 4.03. The first-order valence-electron chi connectivity index (χ1n) is 7.89. The zero-order chi connectivity index (χ0) is 17.8. The Morgan fingerprint density at radius 3 is 2.56 bits per heavy atom. The van der Waals surface area contributed by atoms with Crippen molar-refractivity contribution in [2.24, 2.45) is 4.99 Å². The van der Waals surface area contributed by atoms with Gasteiger partial charge < -0.3 is 9.84 Å². The lowest BCUT2D eigenvalue weighted by Crippen LogP contribution is -2.45. The summed E-state index contributed by atoms with van der Waals surface area (Å²) in [6.07, 6.45) is 1.50. The molecule has 0 bridgehead atoms. The molecule has 0 unspecified atom stereocenters. The first-order valence-corrected chi connectivity index (χ1v) is 7.89. The Hall–Kier alpha value is -2.99. The summed E-state index contributed by atoms with van der Waals surface area (Å²) in [5.41, 5.74) is 1.58. The lowest BCUT2D eigenvalue weighted by atomic mass is 9.89. The van der Waals surface area contributed by atoms with Crippen LogP contribution in [0, 0.1) is 0 Å². The third kappa shape index (κ3) is 3.16. The normalized spacial score (nSPS) is 17.0. The molecule has 0 fully saturated rings. The first kappa shape index (κ1) is 16.9. The predicted molar refractivity (Wildman–Crippen MR) is 94.4 cm³/mol. The molecule has 1 aliphatic heterocycles. The maximum absolute atomic E-state index is 13.0. The Bertz CT molecular complexity index is 814. The molecule has 2 aromatic rings. The fourth-order valence-corrected chi connectivity index (χ4v) is 2.81. The van der Waals surface area contributed by atoms with Crippen molar-refractivity contribution in [1.82, 2.24) is 0 Å². The summed E-state index contributed by atoms with van der Waals surface area (Å²) in [6, 6.07) is 13.8. The Kier molecular flexibility index (Phi) is 4.90. The van der Waals surface area contributed by atoms with Gasteiger partial charge in [0.1, 0.15) is 5.75 Å². The standard InChI is InChI=1S/C19H18N2O4/c1-25-14-8-6-13(7-9-14)21-18(23)16-5-3-2-4-15(16)17(19(21)24)12-20-10-11-22/h2-9,12,17,22H,10-11H2,1H3/t17-/m1/s1. The van der Waals surface area contributed by atoms with Crippen molar-refractivity contribution in [2.45, 2.75) is 5.92 Å². The van der Waals surface area contributed by atoms with Crippen LogP contribution in [0.5, 0.6) is 5.75 Å². The predicted octanol–water partition coefficient (Wildman–Crippen LogP) is 2.03. The van der Waals surface area contributed by atoms with Crippen molar-refractivity contribution >= 4 is 23.7 Å². The summed E-state index contributed by atoms with van der Waals surface area (Å²) in [7, 11) is 1.55. The van der Waals surface area contributed by atoms with Gasteiger partial charge in [0.25, 0.3) is 5.91 Å². The summed E-state index contributed by atoms with van der Waals surface area (Å²) in [5.74, 6) is -0.752. The van der Waals surface area contributed by atoms with E-state index >= 15 is 0 Å². The van der Waals surface area contributed by atoms with Crippen molar-refractivity contribution in [3.8, 4) is 5.75 Å². The highest BCUT2D eigenvalue weighted by molar-refractivity contribution is 6.29. The number of imide groups is 1. The van der Waals surface area contributed by atoms with E-state index in [9.17, 15) is 9.59 Å². The van der Waals surface area contributed by atoms with Crippen LogP contribution in [-0.2, 0) is 4.79 Å². The van der Waals surface area contributed by atoms with E-state index in [4.69, 9.17) is 9.84 Å². The molecule has 1 N–H and O–H groups in total. The number of hydrogen-bond donors (Lipinski definition) is 1. The molecule has 0 aliphatic carbocycles. The van der Waals surface area contributed by atoms with Gasteiger partial charge in [-0.3, -0.25) is 14.6 Å². The molecule has 2 amide bonds. The molecule has 0 saturated carbocycles. The summed E-state index contributed by atoms with van der Waals surface area (Å²) in [5, 5.41) is 8.90. The van der Waals surface area contributed by atoms with Crippen LogP contribution in [0.4, 0.5) is 5.69 Å². The van der Waals surface area contributed by atoms with Crippen LogP contribution in [0.25, 0.3) is 0 Å². The number of carbonyl (C=O) groups is 2. The second-order valence-corrected chi connectivity index (χ2v) is 5.52. The highest BCUT2D eigenvalue weighted by atomic mass is 16.5. The van der Waals surface area contributed by atoms with Crippen LogP contribution in [0.1, 0.15) is 21.8 Å². The number of aliphatic imine (C=N–C) groups is 1. The van der Waals surface area contributed by atoms with E-state index in [0.29, 0.717) is 22.6 Å². The van der Waals surface area contributed by atoms with Gasteiger partial charge in [0, 0.05) is 11.8 Å². The van der Waals surface area contributed by atoms with E-state index in [2.05, 4.69) is 4.99 Å². The van der Waals surface area contributed by atoms with Crippen LogP contribution in [0.15, 0.2) is 53.5 Å². The smallest absolute Gasteiger partial charge is 0.265 e. The number of hydrogen-bond acceptors (Lipinski definition) is 5. The lowest BCUT2D eigenvalue weighted by molar-refractivity contribution is -0.118. The number of fused-ring (bicyclic) bond motifs is 1. The van der Waals surface area contributed by atoms with E-state index in [1.54, 1.807) is 55.6 Å². The maximum atomic E-state index is 13.0. The molecule has 25 heavy (non-hydrogen) atoms. The maximum Gasteiger partial charge on any atom is 0.265 e. The number of methoxy groups -OCH3 is 1. The van der Waals surface area contributed by atoms with Crippen molar-refractivity contribution in [1.29, 1.82) is 0 Å². The Labute approximate surface area is 145 Å². The van der Waals surface area contributed by atoms with E-state index in [1.165, 1.54) is 6.21 Å². The molecule has 2 aromatic carbocycles. The molecule has 0 saturated heterocycles. The Morgan fingerprint density at radius 1 is 1.16 bits per heavy atom. The van der Waals surface area contributed by atoms with Gasteiger partial charge in [-0.1, -0.05) is 18.2 Å². The van der Waals surface area contributed by atoms with Gasteiger partial charge >= 0.3 is 0 Å². The van der Waals surface area contributed by atoms with Gasteiger partial charge in [-0.2, -0.15) is 0 Å². The number of carbonyl (C=O) groups excluding carboxylic acids is 2. The van der Waals surface area contributed by atoms with E-state index in [-0.39, 0.29) is 25.0 Å². The minimum absolute atomic E-state index is 0.0970. The number of ether oxygens (including phenoxy) is 1. The molecular formula is C19H18N2O4. The average Bonchev–Trinajstić information content (AvgIpc) is 2.65. The highest BCUT2D eigenvalue weighted by Crippen LogP contribution is 2.32. The topological polar surface area (TPSA) is 79.2 Å². The molecule has 1 aliphatic rings. The fourth-order valence-electron chi connectivity index (χ4n) is 2.81. The number of aliphatic hydroxyl groups excluding tert-OH is 1. The second kappa shape index (κ2) is 7.27. The van der Waals surface area contributed by atoms with E-state index in [0.717, 1.165) is 4.90 Å². The van der Waals surface area contributed by atoms with E-state index < -0.39 is 5.92 Å². The van der Waals surface area contributed by atoms with Crippen LogP contribution in [0.3, 0.4) is 0 Å². The average molecular weight is 338 g/mol. The molecule has 0 spiro atoms. The molecule has 128 valence electrons. The number of amides is 2. The van der Waals surface area contributed by atoms with Crippen molar-refractivity contribution in [2.75, 3.05) is 25.2 Å². The zero-order valence-corrected chi connectivity index (χ0v) is 13.8. The van der Waals surface area contributed by atoms with Crippen LogP contribution < -0.4 is 9.64 Å². The van der Waals surface area contributed by atoms with Crippen LogP contribution >= 0.6 is 0 Å². The fraction of sp³-hybridized carbons (Fsp3) is 0.211. The zero-order valence-electron chi connectivity index (χ0n) is 13.8. The van der Waals surface area contributed by atoms with Gasteiger partial charge in [0.15, 0.2) is 0 Å². The third-order valence-corrected chi connectivity index (χ3v) is 4.03. The number of aliphatic hydroxyl groups is 1. The molecule has 6 heteroatoms. The number of nitrogens with zero attached hydrogens (tertiary/aromatic N) is 2. The largest absolute Gasteiger partial charge is 0.497 e. The summed E-state index contributed by atoms with van der Waals surface area (Å²) >= 11 is 0. The second-order valence-electron chi connectivity index (χ2n) is 5.52. The molecule has 3 rings (SSSR count). The van der Waals surface area contributed by atoms with Gasteiger partial charge in [-0.05, 0) is 35.9 Å². The van der Waals surface area contributed by atoms with Crippen LogP contribution in [0.2, 0.25) is 0 Å². The minimum Gasteiger partial charge on any atom is -0.497 e. The van der Waals surface area contributed by atoms with Gasteiger partial charge in [-0.15, -0.1) is 0 Å².